The Morgan fingerprint density at radius 1 is 1.26 bits per heavy atom. The van der Waals surface area contributed by atoms with E-state index in [1.165, 1.54) is 10.4 Å². The highest BCUT2D eigenvalue weighted by Gasteiger charge is 2.33. The second kappa shape index (κ2) is 7.67. The number of nitrogens with zero attached hydrogens (tertiary/aromatic N) is 2. The van der Waals surface area contributed by atoms with E-state index in [1.807, 2.05) is 0 Å². The van der Waals surface area contributed by atoms with E-state index in [-0.39, 0.29) is 28.6 Å². The number of hydrogen-bond acceptors (Lipinski definition) is 5. The SMILES string of the molecule is Cl.O=C(C1CCCN1)N1CCN(S(=O)(=O)c2ccc(Cl)s2)CC1. The Labute approximate surface area is 151 Å². The van der Waals surface area contributed by atoms with Crippen LogP contribution in [0.3, 0.4) is 0 Å². The number of rotatable bonds is 3. The number of sulfonamides is 1. The first-order chi connectivity index (χ1) is 10.5. The summed E-state index contributed by atoms with van der Waals surface area (Å²) in [6.45, 7) is 2.42. The molecule has 23 heavy (non-hydrogen) atoms. The molecule has 2 aliphatic heterocycles. The molecule has 2 saturated heterocycles. The van der Waals surface area contributed by atoms with E-state index in [4.69, 9.17) is 11.6 Å². The van der Waals surface area contributed by atoms with Crippen molar-refractivity contribution in [1.82, 2.24) is 14.5 Å². The molecule has 0 aromatic carbocycles. The van der Waals surface area contributed by atoms with Crippen LogP contribution in [0.1, 0.15) is 12.8 Å². The first-order valence-electron chi connectivity index (χ1n) is 7.26. The van der Waals surface area contributed by atoms with Gasteiger partial charge in [-0.25, -0.2) is 8.42 Å². The molecular formula is C13H19Cl2N3O3S2. The average molecular weight is 400 g/mol. The Morgan fingerprint density at radius 3 is 2.48 bits per heavy atom. The second-order valence-corrected chi connectivity index (χ2v) is 9.32. The maximum absolute atomic E-state index is 12.5. The van der Waals surface area contributed by atoms with Gasteiger partial charge in [-0.05, 0) is 31.5 Å². The number of thiophene rings is 1. The van der Waals surface area contributed by atoms with Gasteiger partial charge in [0.05, 0.1) is 10.4 Å². The highest BCUT2D eigenvalue weighted by molar-refractivity contribution is 7.91. The monoisotopic (exact) mass is 399 g/mol. The van der Waals surface area contributed by atoms with Crippen LogP contribution in [0.25, 0.3) is 0 Å². The largest absolute Gasteiger partial charge is 0.339 e. The molecule has 3 heterocycles. The fourth-order valence-corrected chi connectivity index (χ4v) is 5.89. The fraction of sp³-hybridized carbons (Fsp3) is 0.615. The smallest absolute Gasteiger partial charge is 0.252 e. The van der Waals surface area contributed by atoms with Gasteiger partial charge in [-0.15, -0.1) is 23.7 Å². The predicted molar refractivity (Wildman–Crippen MR) is 92.9 cm³/mol. The molecule has 3 rings (SSSR count). The minimum Gasteiger partial charge on any atom is -0.339 e. The van der Waals surface area contributed by atoms with Crippen LogP contribution in [0.15, 0.2) is 16.3 Å². The summed E-state index contributed by atoms with van der Waals surface area (Å²) in [5, 5.41) is 3.19. The molecule has 10 heteroatoms. The Hall–Kier alpha value is -0.380. The van der Waals surface area contributed by atoms with Gasteiger partial charge in [0.25, 0.3) is 10.0 Å². The number of nitrogens with one attached hydrogen (secondary N) is 1. The van der Waals surface area contributed by atoms with Crippen molar-refractivity contribution in [1.29, 1.82) is 0 Å². The lowest BCUT2D eigenvalue weighted by atomic mass is 10.2. The standard InChI is InChI=1S/C13H18ClN3O3S2.ClH/c14-11-3-4-12(21-11)22(19,20)17-8-6-16(7-9-17)13(18)10-2-1-5-15-10;/h3-4,10,15H,1-2,5-9H2;1H. The second-order valence-electron chi connectivity index (χ2n) is 5.44. The first kappa shape index (κ1) is 19.0. The molecule has 2 fully saturated rings. The van der Waals surface area contributed by atoms with Crippen LogP contribution in [-0.2, 0) is 14.8 Å². The summed E-state index contributed by atoms with van der Waals surface area (Å²) in [5.41, 5.74) is 0. The van der Waals surface area contributed by atoms with Crippen molar-refractivity contribution in [2.75, 3.05) is 32.7 Å². The molecule has 130 valence electrons. The zero-order valence-electron chi connectivity index (χ0n) is 12.4. The minimum absolute atomic E-state index is 0. The van der Waals surface area contributed by atoms with Crippen LogP contribution >= 0.6 is 35.3 Å². The van der Waals surface area contributed by atoms with Crippen molar-refractivity contribution < 1.29 is 13.2 Å². The maximum Gasteiger partial charge on any atom is 0.252 e. The lowest BCUT2D eigenvalue weighted by Gasteiger charge is -2.35. The quantitative estimate of drug-likeness (QED) is 0.833. The summed E-state index contributed by atoms with van der Waals surface area (Å²) in [6, 6.07) is 3.02. The van der Waals surface area contributed by atoms with Gasteiger partial charge in [-0.2, -0.15) is 4.31 Å². The van der Waals surface area contributed by atoms with Crippen molar-refractivity contribution in [2.45, 2.75) is 23.1 Å². The predicted octanol–water partition coefficient (Wildman–Crippen LogP) is 1.41. The van der Waals surface area contributed by atoms with Crippen molar-refractivity contribution in [2.24, 2.45) is 0 Å². The van der Waals surface area contributed by atoms with E-state index < -0.39 is 10.0 Å². The summed E-state index contributed by atoms with van der Waals surface area (Å²) < 4.78 is 27.1. The van der Waals surface area contributed by atoms with E-state index in [1.54, 1.807) is 11.0 Å². The molecule has 1 amide bonds. The first-order valence-corrected chi connectivity index (χ1v) is 9.89. The third-order valence-corrected chi connectivity index (χ3v) is 7.65. The topological polar surface area (TPSA) is 69.7 Å². The third-order valence-electron chi connectivity index (χ3n) is 4.05. The van der Waals surface area contributed by atoms with Crippen molar-refractivity contribution in [3.63, 3.8) is 0 Å². The molecule has 1 atom stereocenters. The zero-order chi connectivity index (χ0) is 15.7. The van der Waals surface area contributed by atoms with Gasteiger partial charge in [-0.3, -0.25) is 4.79 Å². The summed E-state index contributed by atoms with van der Waals surface area (Å²) in [7, 11) is -3.50. The lowest BCUT2D eigenvalue weighted by Crippen LogP contribution is -2.54. The van der Waals surface area contributed by atoms with Gasteiger partial charge >= 0.3 is 0 Å². The molecule has 1 N–H and O–H groups in total. The minimum atomic E-state index is -3.50. The van der Waals surface area contributed by atoms with Crippen molar-refractivity contribution in [3.8, 4) is 0 Å². The number of halogens is 2. The molecule has 0 spiro atoms. The number of amides is 1. The summed E-state index contributed by atoms with van der Waals surface area (Å²) in [4.78, 5) is 14.1. The molecular weight excluding hydrogens is 381 g/mol. The van der Waals surface area contributed by atoms with Crippen LogP contribution in [0, 0.1) is 0 Å². The summed E-state index contributed by atoms with van der Waals surface area (Å²) >= 11 is 6.88. The van der Waals surface area contributed by atoms with E-state index in [0.29, 0.717) is 30.5 Å². The molecule has 0 radical (unpaired) electrons. The molecule has 0 bridgehead atoms. The fourth-order valence-electron chi connectivity index (χ4n) is 2.83. The summed E-state index contributed by atoms with van der Waals surface area (Å²) in [6.07, 6.45) is 1.88. The van der Waals surface area contributed by atoms with Gasteiger partial charge in [-0.1, -0.05) is 11.6 Å². The highest BCUT2D eigenvalue weighted by atomic mass is 35.5. The van der Waals surface area contributed by atoms with Gasteiger partial charge in [0.2, 0.25) is 5.91 Å². The number of piperazine rings is 1. The van der Waals surface area contributed by atoms with E-state index >= 15 is 0 Å². The van der Waals surface area contributed by atoms with Crippen LogP contribution < -0.4 is 5.32 Å². The third kappa shape index (κ3) is 4.00. The van der Waals surface area contributed by atoms with Crippen LogP contribution in [0.2, 0.25) is 4.34 Å². The Kier molecular flexibility index (Phi) is 6.32. The Balaban J connectivity index is 0.00000192. The molecule has 1 aromatic heterocycles. The lowest BCUT2D eigenvalue weighted by molar-refractivity contribution is -0.134. The average Bonchev–Trinajstić information content (AvgIpc) is 3.18. The number of carbonyl (C=O) groups is 1. The van der Waals surface area contributed by atoms with Gasteiger partial charge in [0.15, 0.2) is 0 Å². The van der Waals surface area contributed by atoms with E-state index in [9.17, 15) is 13.2 Å². The molecule has 0 saturated carbocycles. The van der Waals surface area contributed by atoms with Gasteiger partial charge < -0.3 is 10.2 Å². The molecule has 1 aromatic rings. The van der Waals surface area contributed by atoms with E-state index in [2.05, 4.69) is 5.32 Å². The van der Waals surface area contributed by atoms with Crippen molar-refractivity contribution >= 4 is 51.3 Å². The van der Waals surface area contributed by atoms with E-state index in [0.717, 1.165) is 30.7 Å². The summed E-state index contributed by atoms with van der Waals surface area (Å²) in [5.74, 6) is 0.0914. The molecule has 6 nitrogen and oxygen atoms in total. The Morgan fingerprint density at radius 2 is 1.96 bits per heavy atom. The van der Waals surface area contributed by atoms with Gasteiger partial charge in [0, 0.05) is 26.2 Å². The Bertz CT molecular complexity index is 651. The highest BCUT2D eigenvalue weighted by Crippen LogP contribution is 2.28. The van der Waals surface area contributed by atoms with Crippen LogP contribution in [0.5, 0.6) is 0 Å². The number of hydrogen-bond donors (Lipinski definition) is 1. The number of carbonyl (C=O) groups excluding carboxylic acids is 1. The van der Waals surface area contributed by atoms with Crippen LogP contribution in [0.4, 0.5) is 0 Å². The van der Waals surface area contributed by atoms with Crippen molar-refractivity contribution in [3.05, 3.63) is 16.5 Å². The molecule has 1 unspecified atom stereocenters. The molecule has 2 aliphatic rings. The zero-order valence-corrected chi connectivity index (χ0v) is 15.6. The van der Waals surface area contributed by atoms with Gasteiger partial charge in [0.1, 0.15) is 4.21 Å². The van der Waals surface area contributed by atoms with Crippen LogP contribution in [-0.4, -0.2) is 62.3 Å². The normalized spacial score (nSPS) is 22.8. The molecule has 0 aliphatic carbocycles. The maximum atomic E-state index is 12.5.